The van der Waals surface area contributed by atoms with E-state index in [0.29, 0.717) is 24.4 Å². The average Bonchev–Trinajstić information content (AvgIpc) is 3.20. The van der Waals surface area contributed by atoms with Gasteiger partial charge in [-0.25, -0.2) is 4.98 Å². The zero-order valence-electron chi connectivity index (χ0n) is 13.0. The van der Waals surface area contributed by atoms with Gasteiger partial charge >= 0.3 is 0 Å². The van der Waals surface area contributed by atoms with Crippen molar-refractivity contribution >= 4 is 17.2 Å². The molecule has 23 heavy (non-hydrogen) atoms. The van der Waals surface area contributed by atoms with E-state index in [0.717, 1.165) is 17.8 Å². The number of hydrogen-bond acceptors (Lipinski definition) is 7. The maximum Gasteiger partial charge on any atom is 0.259 e. The van der Waals surface area contributed by atoms with Crippen LogP contribution in [0.15, 0.2) is 40.4 Å². The lowest BCUT2D eigenvalue weighted by Crippen LogP contribution is -2.18. The Morgan fingerprint density at radius 1 is 1.35 bits per heavy atom. The third-order valence-electron chi connectivity index (χ3n) is 3.23. The fourth-order valence-electron chi connectivity index (χ4n) is 2.20. The first-order valence-corrected chi connectivity index (χ1v) is 8.19. The van der Waals surface area contributed by atoms with E-state index in [1.807, 2.05) is 12.1 Å². The molecule has 0 saturated carbocycles. The summed E-state index contributed by atoms with van der Waals surface area (Å²) in [6, 6.07) is 8.36. The topological polar surface area (TPSA) is 73.1 Å². The highest BCUT2D eigenvalue weighted by atomic mass is 32.1. The van der Waals surface area contributed by atoms with Gasteiger partial charge in [-0.3, -0.25) is 0 Å². The van der Waals surface area contributed by atoms with E-state index in [1.165, 1.54) is 4.88 Å². The smallest absolute Gasteiger partial charge is 0.259 e. The van der Waals surface area contributed by atoms with E-state index >= 15 is 0 Å². The van der Waals surface area contributed by atoms with E-state index in [2.05, 4.69) is 44.9 Å². The molecule has 0 aromatic carbocycles. The Morgan fingerprint density at radius 3 is 2.96 bits per heavy atom. The zero-order valence-corrected chi connectivity index (χ0v) is 13.8. The van der Waals surface area contributed by atoms with Crippen LogP contribution in [-0.2, 0) is 17.8 Å². The van der Waals surface area contributed by atoms with Gasteiger partial charge in [-0.05, 0) is 30.5 Å². The summed E-state index contributed by atoms with van der Waals surface area (Å²) in [5.41, 5.74) is 0.788. The summed E-state index contributed by atoms with van der Waals surface area (Å²) in [7, 11) is 1.59. The first-order valence-electron chi connectivity index (χ1n) is 7.31. The monoisotopic (exact) mass is 330 g/mol. The minimum absolute atomic E-state index is 0.309. The highest BCUT2D eigenvalue weighted by molar-refractivity contribution is 7.09. The van der Waals surface area contributed by atoms with Crippen molar-refractivity contribution in [2.45, 2.75) is 26.0 Å². The van der Waals surface area contributed by atoms with Gasteiger partial charge in [0.15, 0.2) is 5.82 Å². The summed E-state index contributed by atoms with van der Waals surface area (Å²) in [6.45, 7) is 2.47. The van der Waals surface area contributed by atoms with Gasteiger partial charge in [0.05, 0.1) is 5.56 Å². The Kier molecular flexibility index (Phi) is 4.99. The molecule has 0 amide bonds. The molecule has 120 valence electrons. The van der Waals surface area contributed by atoms with Crippen molar-refractivity contribution in [1.82, 2.24) is 15.1 Å². The number of rotatable bonds is 7. The fourth-order valence-corrected chi connectivity index (χ4v) is 3.03. The summed E-state index contributed by atoms with van der Waals surface area (Å²) in [5.74, 6) is 1.80. The number of nitrogens with one attached hydrogen (secondary N) is 1. The molecule has 0 saturated heterocycles. The Balaban J connectivity index is 1.62. The van der Waals surface area contributed by atoms with Crippen molar-refractivity contribution in [1.29, 1.82) is 0 Å². The highest BCUT2D eigenvalue weighted by Crippen LogP contribution is 2.19. The van der Waals surface area contributed by atoms with Crippen LogP contribution < -0.4 is 5.32 Å². The summed E-state index contributed by atoms with van der Waals surface area (Å²) in [4.78, 5) is 10.0. The molecule has 0 aliphatic carbocycles. The largest absolute Gasteiger partial charge is 0.377 e. The van der Waals surface area contributed by atoms with Crippen molar-refractivity contribution in [3.63, 3.8) is 0 Å². The number of aromatic nitrogens is 3. The molecule has 1 N–H and O–H groups in total. The second kappa shape index (κ2) is 7.34. The van der Waals surface area contributed by atoms with E-state index in [9.17, 15) is 0 Å². The van der Waals surface area contributed by atoms with Gasteiger partial charge in [0.25, 0.3) is 5.89 Å². The highest BCUT2D eigenvalue weighted by Gasteiger charge is 2.10. The van der Waals surface area contributed by atoms with Crippen molar-refractivity contribution in [3.05, 3.63) is 46.5 Å². The van der Waals surface area contributed by atoms with E-state index in [4.69, 9.17) is 9.26 Å². The summed E-state index contributed by atoms with van der Waals surface area (Å²) >= 11 is 1.77. The second-order valence-corrected chi connectivity index (χ2v) is 6.24. The first kappa shape index (κ1) is 15.6. The van der Waals surface area contributed by atoms with Crippen molar-refractivity contribution in [2.75, 3.05) is 12.4 Å². The number of pyridine rings is 1. The molecule has 6 nitrogen and oxygen atoms in total. The summed E-state index contributed by atoms with van der Waals surface area (Å²) < 4.78 is 10.2. The molecular formula is C16H18N4O2S. The van der Waals surface area contributed by atoms with Crippen molar-refractivity contribution in [2.24, 2.45) is 0 Å². The molecule has 3 aromatic heterocycles. The third kappa shape index (κ3) is 4.14. The molecule has 0 bridgehead atoms. The van der Waals surface area contributed by atoms with Crippen LogP contribution in [0.1, 0.15) is 17.6 Å². The van der Waals surface area contributed by atoms with Crippen molar-refractivity contribution < 1.29 is 9.26 Å². The van der Waals surface area contributed by atoms with Crippen LogP contribution in [-0.4, -0.2) is 28.3 Å². The molecule has 3 heterocycles. The molecule has 0 aliphatic rings. The molecule has 3 aromatic rings. The van der Waals surface area contributed by atoms with Gasteiger partial charge in [-0.1, -0.05) is 11.2 Å². The van der Waals surface area contributed by atoms with E-state index < -0.39 is 0 Å². The third-order valence-corrected chi connectivity index (χ3v) is 4.13. The molecule has 0 unspecified atom stereocenters. The number of thiophene rings is 1. The Bertz CT molecular complexity index is 725. The molecule has 0 spiro atoms. The number of anilines is 1. The quantitative estimate of drug-likeness (QED) is 0.716. The van der Waals surface area contributed by atoms with E-state index in [-0.39, 0.29) is 0 Å². The number of hydrogen-bond donors (Lipinski definition) is 1. The lowest BCUT2D eigenvalue weighted by molar-refractivity contribution is 0.174. The lowest BCUT2D eigenvalue weighted by Gasteiger charge is -2.13. The van der Waals surface area contributed by atoms with Gasteiger partial charge in [0.1, 0.15) is 12.4 Å². The number of ether oxygens (including phenoxy) is 1. The van der Waals surface area contributed by atoms with Crippen LogP contribution in [0.3, 0.4) is 0 Å². The average molecular weight is 330 g/mol. The Hall–Kier alpha value is -2.25. The molecule has 7 heteroatoms. The van der Waals surface area contributed by atoms with Gasteiger partial charge in [-0.15, -0.1) is 11.3 Å². The van der Waals surface area contributed by atoms with Gasteiger partial charge in [0, 0.05) is 30.6 Å². The minimum Gasteiger partial charge on any atom is -0.377 e. The molecular weight excluding hydrogens is 312 g/mol. The van der Waals surface area contributed by atoms with Gasteiger partial charge in [0.2, 0.25) is 0 Å². The molecule has 3 rings (SSSR count). The van der Waals surface area contributed by atoms with Crippen molar-refractivity contribution in [3.8, 4) is 11.5 Å². The zero-order chi connectivity index (χ0) is 16.1. The van der Waals surface area contributed by atoms with Gasteiger partial charge in [-0.2, -0.15) is 4.98 Å². The fraction of sp³-hybridized carbons (Fsp3) is 0.312. The molecule has 1 atom stereocenters. The van der Waals surface area contributed by atoms with Crippen LogP contribution in [0, 0.1) is 0 Å². The first-order chi connectivity index (χ1) is 11.2. The predicted octanol–water partition coefficient (Wildman–Crippen LogP) is 3.38. The van der Waals surface area contributed by atoms with Crippen LogP contribution in [0.25, 0.3) is 11.5 Å². The summed E-state index contributed by atoms with van der Waals surface area (Å²) in [6.07, 6.45) is 2.70. The molecule has 0 radical (unpaired) electrons. The molecule has 0 aliphatic heterocycles. The Labute approximate surface area is 138 Å². The van der Waals surface area contributed by atoms with Gasteiger partial charge < -0.3 is 14.6 Å². The SMILES string of the molecule is COCc1noc(-c2ccc(N[C@H](C)Cc3cccs3)nc2)n1. The number of nitrogens with zero attached hydrogens (tertiary/aromatic N) is 3. The lowest BCUT2D eigenvalue weighted by atomic mass is 10.2. The standard InChI is InChI=1S/C16H18N4O2S/c1-11(8-13-4-3-7-23-13)18-14-6-5-12(9-17-14)16-19-15(10-21-2)20-22-16/h3-7,9,11H,8,10H2,1-2H3,(H,17,18)/t11-/m1/s1. The maximum atomic E-state index is 5.19. The van der Waals surface area contributed by atoms with Crippen LogP contribution >= 0.6 is 11.3 Å². The normalized spacial score (nSPS) is 12.3. The predicted molar refractivity (Wildman–Crippen MR) is 89.3 cm³/mol. The van der Waals surface area contributed by atoms with Crippen LogP contribution in [0.5, 0.6) is 0 Å². The van der Waals surface area contributed by atoms with Crippen LogP contribution in [0.2, 0.25) is 0 Å². The van der Waals surface area contributed by atoms with E-state index in [1.54, 1.807) is 24.6 Å². The van der Waals surface area contributed by atoms with Crippen LogP contribution in [0.4, 0.5) is 5.82 Å². The maximum absolute atomic E-state index is 5.19. The summed E-state index contributed by atoms with van der Waals surface area (Å²) in [5, 5.41) is 9.33. The molecule has 0 fully saturated rings. The number of methoxy groups -OCH3 is 1. The second-order valence-electron chi connectivity index (χ2n) is 5.21. The Morgan fingerprint density at radius 2 is 2.26 bits per heavy atom. The minimum atomic E-state index is 0.309.